The predicted molar refractivity (Wildman–Crippen MR) is 116 cm³/mol. The number of benzene rings is 3. The van der Waals surface area contributed by atoms with E-state index in [2.05, 4.69) is 31.8 Å². The van der Waals surface area contributed by atoms with Gasteiger partial charge in [-0.05, 0) is 55.0 Å². The molecule has 0 radical (unpaired) electrons. The third-order valence-electron chi connectivity index (χ3n) is 4.19. The summed E-state index contributed by atoms with van der Waals surface area (Å²) in [6.07, 6.45) is 0. The number of anilines is 1. The summed E-state index contributed by atoms with van der Waals surface area (Å²) in [5, 5.41) is 16.5. The average molecular weight is 470 g/mol. The second-order valence-corrected chi connectivity index (χ2v) is 7.23. The van der Waals surface area contributed by atoms with E-state index < -0.39 is 17.6 Å². The Morgan fingerprint density at radius 1 is 0.967 bits per heavy atom. The first-order chi connectivity index (χ1) is 14.3. The number of amides is 2. The number of hydrogen-bond acceptors (Lipinski definition) is 4. The highest BCUT2D eigenvalue weighted by Crippen LogP contribution is 2.21. The number of phenolic OH excluding ortho intramolecular Hbond substituents is 1. The monoisotopic (exact) mass is 469 g/mol. The minimum absolute atomic E-state index is 0.0608. The molecule has 0 fully saturated rings. The van der Waals surface area contributed by atoms with Crippen LogP contribution in [0, 0.1) is 5.82 Å². The Morgan fingerprint density at radius 3 is 2.50 bits per heavy atom. The van der Waals surface area contributed by atoms with Crippen molar-refractivity contribution in [3.8, 4) is 5.75 Å². The van der Waals surface area contributed by atoms with Gasteiger partial charge in [-0.25, -0.2) is 9.82 Å². The molecule has 6 nitrogen and oxygen atoms in total. The van der Waals surface area contributed by atoms with Crippen LogP contribution in [0.1, 0.15) is 33.2 Å². The number of nitrogens with one attached hydrogen (secondary N) is 2. The molecule has 0 heterocycles. The summed E-state index contributed by atoms with van der Waals surface area (Å²) in [7, 11) is 0. The van der Waals surface area contributed by atoms with Gasteiger partial charge in [0.2, 0.25) is 0 Å². The quantitative estimate of drug-likeness (QED) is 0.373. The summed E-state index contributed by atoms with van der Waals surface area (Å²) in [6.45, 7) is 1.68. The van der Waals surface area contributed by atoms with Crippen LogP contribution < -0.4 is 10.7 Å². The van der Waals surface area contributed by atoms with Gasteiger partial charge < -0.3 is 10.4 Å². The summed E-state index contributed by atoms with van der Waals surface area (Å²) in [6, 6.07) is 17.0. The van der Waals surface area contributed by atoms with Crippen LogP contribution in [0.15, 0.2) is 76.3 Å². The van der Waals surface area contributed by atoms with E-state index in [0.717, 1.165) is 0 Å². The van der Waals surface area contributed by atoms with E-state index in [0.29, 0.717) is 21.4 Å². The predicted octanol–water partition coefficient (Wildman–Crippen LogP) is 4.70. The van der Waals surface area contributed by atoms with Crippen LogP contribution in [-0.2, 0) is 0 Å². The Labute approximate surface area is 180 Å². The summed E-state index contributed by atoms with van der Waals surface area (Å²) in [5.74, 6) is -1.92. The van der Waals surface area contributed by atoms with Gasteiger partial charge in [-0.2, -0.15) is 5.10 Å². The number of aromatic hydroxyl groups is 1. The maximum absolute atomic E-state index is 13.8. The van der Waals surface area contributed by atoms with E-state index in [1.165, 1.54) is 30.3 Å². The molecular formula is C22H17BrFN3O3. The second kappa shape index (κ2) is 9.32. The van der Waals surface area contributed by atoms with Crippen LogP contribution in [0.4, 0.5) is 10.1 Å². The van der Waals surface area contributed by atoms with E-state index in [1.807, 2.05) is 0 Å². The third-order valence-corrected chi connectivity index (χ3v) is 4.68. The Morgan fingerprint density at radius 2 is 1.73 bits per heavy atom. The highest BCUT2D eigenvalue weighted by Gasteiger charge is 2.13. The molecule has 152 valence electrons. The molecule has 0 aliphatic rings. The molecule has 3 N–H and O–H groups in total. The zero-order chi connectivity index (χ0) is 21.7. The van der Waals surface area contributed by atoms with Gasteiger partial charge in [0.25, 0.3) is 11.8 Å². The van der Waals surface area contributed by atoms with Crippen molar-refractivity contribution in [3.63, 3.8) is 0 Å². The van der Waals surface area contributed by atoms with E-state index in [-0.39, 0.29) is 16.9 Å². The Bertz CT molecular complexity index is 1150. The van der Waals surface area contributed by atoms with Crippen molar-refractivity contribution in [2.24, 2.45) is 5.10 Å². The molecule has 0 unspecified atom stereocenters. The molecule has 0 atom stereocenters. The second-order valence-electron chi connectivity index (χ2n) is 6.31. The van der Waals surface area contributed by atoms with Crippen molar-refractivity contribution in [2.75, 3.05) is 5.32 Å². The summed E-state index contributed by atoms with van der Waals surface area (Å²) >= 11 is 3.25. The Kier molecular flexibility index (Phi) is 6.58. The van der Waals surface area contributed by atoms with E-state index in [4.69, 9.17) is 0 Å². The molecule has 0 spiro atoms. The number of halogens is 2. The van der Waals surface area contributed by atoms with Crippen molar-refractivity contribution in [1.29, 1.82) is 0 Å². The largest absolute Gasteiger partial charge is 0.507 e. The first-order valence-electron chi connectivity index (χ1n) is 8.84. The molecule has 0 saturated heterocycles. The number of hydrogen-bond donors (Lipinski definition) is 3. The first-order valence-corrected chi connectivity index (χ1v) is 9.64. The van der Waals surface area contributed by atoms with Crippen molar-refractivity contribution in [1.82, 2.24) is 5.43 Å². The van der Waals surface area contributed by atoms with Gasteiger partial charge >= 0.3 is 0 Å². The Hall–Kier alpha value is -3.52. The topological polar surface area (TPSA) is 90.8 Å². The van der Waals surface area contributed by atoms with Gasteiger partial charge in [-0.3, -0.25) is 9.59 Å². The van der Waals surface area contributed by atoms with Gasteiger partial charge in [-0.15, -0.1) is 0 Å². The normalized spacial score (nSPS) is 11.1. The van der Waals surface area contributed by atoms with Gasteiger partial charge in [0, 0.05) is 10.2 Å². The fourth-order valence-electron chi connectivity index (χ4n) is 2.62. The number of carbonyl (C=O) groups is 2. The highest BCUT2D eigenvalue weighted by molar-refractivity contribution is 9.10. The summed E-state index contributed by atoms with van der Waals surface area (Å²) in [5.41, 5.74) is 3.97. The Balaban J connectivity index is 1.73. The molecule has 30 heavy (non-hydrogen) atoms. The van der Waals surface area contributed by atoms with Crippen molar-refractivity contribution in [3.05, 3.63) is 93.7 Å². The van der Waals surface area contributed by atoms with Crippen LogP contribution in [-0.4, -0.2) is 22.6 Å². The number of nitrogens with zero attached hydrogens (tertiary/aromatic N) is 1. The summed E-state index contributed by atoms with van der Waals surface area (Å²) < 4.78 is 14.4. The summed E-state index contributed by atoms with van der Waals surface area (Å²) in [4.78, 5) is 24.5. The van der Waals surface area contributed by atoms with Crippen LogP contribution in [0.5, 0.6) is 5.75 Å². The lowest BCUT2D eigenvalue weighted by Crippen LogP contribution is -2.19. The molecule has 3 aromatic carbocycles. The lowest BCUT2D eigenvalue weighted by atomic mass is 10.1. The first kappa shape index (κ1) is 21.2. The van der Waals surface area contributed by atoms with E-state index in [1.54, 1.807) is 43.3 Å². The smallest absolute Gasteiger partial charge is 0.275 e. The molecule has 0 aromatic heterocycles. The zero-order valence-electron chi connectivity index (χ0n) is 15.8. The number of rotatable bonds is 5. The standard InChI is InChI=1S/C22H17BrFN3O3/c1-13(26-27-22(30)18-12-15(23)9-10-20(18)28)14-5-4-6-16(11-14)25-21(29)17-7-2-3-8-19(17)24/h2-12,28H,1H3,(H,25,29)(H,27,30)/b26-13+. The maximum atomic E-state index is 13.8. The average Bonchev–Trinajstić information content (AvgIpc) is 2.74. The van der Waals surface area contributed by atoms with Crippen LogP contribution in [0.25, 0.3) is 0 Å². The van der Waals surface area contributed by atoms with Crippen LogP contribution in [0.3, 0.4) is 0 Å². The van der Waals surface area contributed by atoms with Crippen molar-refractivity contribution >= 4 is 39.1 Å². The van der Waals surface area contributed by atoms with Crippen molar-refractivity contribution in [2.45, 2.75) is 6.92 Å². The van der Waals surface area contributed by atoms with E-state index in [9.17, 15) is 19.1 Å². The lowest BCUT2D eigenvalue weighted by Gasteiger charge is -2.09. The van der Waals surface area contributed by atoms with Gasteiger partial charge in [0.05, 0.1) is 16.8 Å². The molecule has 0 aliphatic carbocycles. The minimum Gasteiger partial charge on any atom is -0.507 e. The number of hydrazone groups is 1. The molecule has 0 aliphatic heterocycles. The van der Waals surface area contributed by atoms with Gasteiger partial charge in [0.1, 0.15) is 11.6 Å². The number of carbonyl (C=O) groups excluding carboxylic acids is 2. The molecule has 0 saturated carbocycles. The molecule has 2 amide bonds. The van der Waals surface area contributed by atoms with Crippen molar-refractivity contribution < 1.29 is 19.1 Å². The van der Waals surface area contributed by atoms with Crippen LogP contribution >= 0.6 is 15.9 Å². The molecular weight excluding hydrogens is 453 g/mol. The van der Waals surface area contributed by atoms with Crippen LogP contribution in [0.2, 0.25) is 0 Å². The highest BCUT2D eigenvalue weighted by atomic mass is 79.9. The number of phenols is 1. The van der Waals surface area contributed by atoms with Gasteiger partial charge in [-0.1, -0.05) is 40.2 Å². The molecule has 3 rings (SSSR count). The molecule has 3 aromatic rings. The minimum atomic E-state index is -0.609. The fourth-order valence-corrected chi connectivity index (χ4v) is 2.98. The van der Waals surface area contributed by atoms with E-state index >= 15 is 0 Å². The zero-order valence-corrected chi connectivity index (χ0v) is 17.4. The SMILES string of the molecule is C/C(=N\NC(=O)c1cc(Br)ccc1O)c1cccc(NC(=O)c2ccccc2F)c1. The fraction of sp³-hybridized carbons (Fsp3) is 0.0455. The third kappa shape index (κ3) is 5.09. The maximum Gasteiger partial charge on any atom is 0.275 e. The molecule has 8 heteroatoms. The van der Waals surface area contributed by atoms with Gasteiger partial charge in [0.15, 0.2) is 0 Å². The lowest BCUT2D eigenvalue weighted by molar-refractivity contribution is 0.0951. The molecule has 0 bridgehead atoms.